The fraction of sp³-hybridized carbons (Fsp3) is 0.429. The van der Waals surface area contributed by atoms with Crippen LogP contribution < -0.4 is 0 Å². The van der Waals surface area contributed by atoms with Crippen LogP contribution in [-0.2, 0) is 19.2 Å². The topological polar surface area (TPSA) is 74.8 Å². The number of carbonyl (C=O) groups excluding carboxylic acids is 4. The van der Waals surface area contributed by atoms with Crippen LogP contribution in [-0.4, -0.2) is 32.2 Å². The van der Waals surface area contributed by atoms with Gasteiger partial charge >= 0.3 is 0 Å². The van der Waals surface area contributed by atoms with Gasteiger partial charge in [0.25, 0.3) is 23.6 Å². The monoisotopic (exact) mass is 338 g/mol. The molecule has 0 aromatic heterocycles. The van der Waals surface area contributed by atoms with Gasteiger partial charge in [0, 0.05) is 29.2 Å². The van der Waals surface area contributed by atoms with E-state index >= 15 is 0 Å². The minimum atomic E-state index is -0.478. The number of carbonyl (C=O) groups is 4. The van der Waals surface area contributed by atoms with Crippen LogP contribution in [0, 0.1) is 5.92 Å². The zero-order valence-electron chi connectivity index (χ0n) is 11.9. The average Bonchev–Trinajstić information content (AvgIpc) is 2.92. The maximum atomic E-state index is 12.4. The highest BCUT2D eigenvalue weighted by molar-refractivity contribution is 8.75. The van der Waals surface area contributed by atoms with Gasteiger partial charge in [-0.25, -0.2) is 8.61 Å². The molecule has 4 amide bonds. The molecule has 4 bridgehead atoms. The largest absolute Gasteiger partial charge is 0.268 e. The van der Waals surface area contributed by atoms with E-state index in [0.717, 1.165) is 49.8 Å². The Morgan fingerprint density at radius 2 is 1.41 bits per heavy atom. The van der Waals surface area contributed by atoms with E-state index in [2.05, 4.69) is 6.92 Å². The van der Waals surface area contributed by atoms with Crippen molar-refractivity contribution in [1.82, 2.24) is 8.61 Å². The van der Waals surface area contributed by atoms with Crippen LogP contribution in [0.4, 0.5) is 0 Å². The molecule has 22 heavy (non-hydrogen) atoms. The van der Waals surface area contributed by atoms with Crippen LogP contribution in [0.5, 0.6) is 0 Å². The van der Waals surface area contributed by atoms with Gasteiger partial charge in [0.1, 0.15) is 0 Å². The quantitative estimate of drug-likeness (QED) is 0.338. The predicted octanol–water partition coefficient (Wildman–Crippen LogP) is 2.00. The maximum Gasteiger partial charge on any atom is 0.268 e. The normalized spacial score (nSPS) is 21.9. The summed E-state index contributed by atoms with van der Waals surface area (Å²) < 4.78 is 2.02. The molecule has 1 saturated heterocycles. The van der Waals surface area contributed by atoms with Crippen LogP contribution in [0.3, 0.4) is 0 Å². The van der Waals surface area contributed by atoms with Gasteiger partial charge < -0.3 is 0 Å². The van der Waals surface area contributed by atoms with Crippen molar-refractivity contribution in [2.24, 2.45) is 5.92 Å². The third kappa shape index (κ3) is 2.40. The molecule has 0 N–H and O–H groups in total. The molecule has 0 aliphatic carbocycles. The number of imide groups is 2. The zero-order valence-corrected chi connectivity index (χ0v) is 13.5. The molecular formula is C14H14N2O4S2. The molecule has 3 aliphatic heterocycles. The summed E-state index contributed by atoms with van der Waals surface area (Å²) in [6.45, 7) is 2.06. The fourth-order valence-corrected chi connectivity index (χ4v) is 4.70. The first-order valence-corrected chi connectivity index (χ1v) is 9.15. The zero-order chi connectivity index (χ0) is 15.9. The molecule has 6 nitrogen and oxygen atoms in total. The van der Waals surface area contributed by atoms with Crippen LogP contribution in [0.25, 0.3) is 0 Å². The van der Waals surface area contributed by atoms with E-state index in [1.165, 1.54) is 12.2 Å². The standard InChI is InChI=1S/C14H14N2O4S2/c1-2-3-4-5-8-9-6-11(17)15(13(9)19)21-22-16-12(18)7-10(8)14(16)20/h6-8H,2-5H2,1H3. The third-order valence-corrected chi connectivity index (χ3v) is 6.00. The lowest BCUT2D eigenvalue weighted by atomic mass is 9.86. The second kappa shape index (κ2) is 5.92. The highest BCUT2D eigenvalue weighted by Gasteiger charge is 2.45. The Balaban J connectivity index is 2.00. The van der Waals surface area contributed by atoms with Crippen molar-refractivity contribution in [3.8, 4) is 0 Å². The van der Waals surface area contributed by atoms with Crippen molar-refractivity contribution in [3.63, 3.8) is 0 Å². The molecule has 0 atom stereocenters. The highest BCUT2D eigenvalue weighted by atomic mass is 33.1. The molecular weight excluding hydrogens is 324 g/mol. The predicted molar refractivity (Wildman–Crippen MR) is 82.7 cm³/mol. The second-order valence-corrected chi connectivity index (χ2v) is 7.20. The Kier molecular flexibility index (Phi) is 4.14. The van der Waals surface area contributed by atoms with E-state index in [9.17, 15) is 19.2 Å². The molecule has 0 spiro atoms. The van der Waals surface area contributed by atoms with Gasteiger partial charge in [-0.3, -0.25) is 19.2 Å². The van der Waals surface area contributed by atoms with Crippen LogP contribution in [0.15, 0.2) is 23.3 Å². The van der Waals surface area contributed by atoms with Crippen molar-refractivity contribution in [2.45, 2.75) is 32.6 Å². The van der Waals surface area contributed by atoms with E-state index in [0.29, 0.717) is 17.6 Å². The Hall–Kier alpha value is -1.54. The number of amides is 4. The van der Waals surface area contributed by atoms with Gasteiger partial charge in [-0.15, -0.1) is 0 Å². The minimum Gasteiger partial charge on any atom is -0.268 e. The maximum absolute atomic E-state index is 12.4. The summed E-state index contributed by atoms with van der Waals surface area (Å²) in [7, 11) is 1.63. The molecule has 1 fully saturated rings. The molecule has 0 saturated carbocycles. The molecule has 8 heteroatoms. The first-order valence-electron chi connectivity index (χ1n) is 7.09. The lowest BCUT2D eigenvalue weighted by molar-refractivity contribution is -0.132. The van der Waals surface area contributed by atoms with Crippen LogP contribution in [0.2, 0.25) is 0 Å². The van der Waals surface area contributed by atoms with Gasteiger partial charge in [-0.2, -0.15) is 0 Å². The molecule has 0 unspecified atom stereocenters. The summed E-state index contributed by atoms with van der Waals surface area (Å²) in [4.78, 5) is 48.7. The lowest BCUT2D eigenvalue weighted by Crippen LogP contribution is -2.25. The Labute approximate surface area is 135 Å². The number of fused-ring (bicyclic) bond motifs is 4. The van der Waals surface area contributed by atoms with Crippen molar-refractivity contribution in [1.29, 1.82) is 0 Å². The van der Waals surface area contributed by atoms with Gasteiger partial charge in [0.2, 0.25) is 0 Å². The molecule has 116 valence electrons. The molecule has 0 aromatic rings. The Morgan fingerprint density at radius 3 is 1.86 bits per heavy atom. The molecule has 3 heterocycles. The molecule has 0 radical (unpaired) electrons. The summed E-state index contributed by atoms with van der Waals surface area (Å²) in [5.74, 6) is -2.03. The van der Waals surface area contributed by atoms with E-state index in [-0.39, 0.29) is 11.8 Å². The van der Waals surface area contributed by atoms with E-state index in [1.807, 2.05) is 0 Å². The van der Waals surface area contributed by atoms with Crippen LogP contribution in [0.1, 0.15) is 32.6 Å². The molecule has 3 rings (SSSR count). The van der Waals surface area contributed by atoms with Gasteiger partial charge in [0.05, 0.1) is 22.0 Å². The number of hydrogen-bond acceptors (Lipinski definition) is 6. The summed E-state index contributed by atoms with van der Waals surface area (Å²) in [6.07, 6.45) is 6.00. The summed E-state index contributed by atoms with van der Waals surface area (Å²) >= 11 is 0. The first-order chi connectivity index (χ1) is 10.5. The van der Waals surface area contributed by atoms with Crippen molar-refractivity contribution < 1.29 is 19.2 Å². The van der Waals surface area contributed by atoms with E-state index in [4.69, 9.17) is 0 Å². The fourth-order valence-electron chi connectivity index (χ4n) is 2.73. The van der Waals surface area contributed by atoms with Crippen molar-refractivity contribution in [2.75, 3.05) is 0 Å². The van der Waals surface area contributed by atoms with Gasteiger partial charge in [-0.1, -0.05) is 26.2 Å². The SMILES string of the molecule is CCCCCC1C2=CC(=O)N(SSN3C(=O)C=C1C3=O)C2=O. The molecule has 0 aromatic carbocycles. The second-order valence-electron chi connectivity index (χ2n) is 5.27. The average molecular weight is 338 g/mol. The summed E-state index contributed by atoms with van der Waals surface area (Å²) in [5.41, 5.74) is 0.649. The number of hydrogen-bond donors (Lipinski definition) is 0. The van der Waals surface area contributed by atoms with Crippen molar-refractivity contribution in [3.05, 3.63) is 23.3 Å². The Bertz CT molecular complexity index is 591. The number of rotatable bonds is 4. The summed E-state index contributed by atoms with van der Waals surface area (Å²) in [6, 6.07) is 0. The minimum absolute atomic E-state index is 0.324. The smallest absolute Gasteiger partial charge is 0.268 e. The highest BCUT2D eigenvalue weighted by Crippen LogP contribution is 2.44. The van der Waals surface area contributed by atoms with E-state index in [1.54, 1.807) is 0 Å². The summed E-state index contributed by atoms with van der Waals surface area (Å²) in [5, 5.41) is 0. The number of nitrogens with zero attached hydrogens (tertiary/aromatic N) is 2. The van der Waals surface area contributed by atoms with E-state index < -0.39 is 17.7 Å². The first kappa shape index (κ1) is 15.4. The Morgan fingerprint density at radius 1 is 0.909 bits per heavy atom. The van der Waals surface area contributed by atoms with Gasteiger partial charge in [0.15, 0.2) is 0 Å². The van der Waals surface area contributed by atoms with Crippen molar-refractivity contribution >= 4 is 45.6 Å². The van der Waals surface area contributed by atoms with Gasteiger partial charge in [-0.05, 0) is 6.42 Å². The third-order valence-electron chi connectivity index (χ3n) is 3.85. The lowest BCUT2D eigenvalue weighted by Gasteiger charge is -2.17. The molecule has 3 aliphatic rings. The number of unbranched alkanes of at least 4 members (excludes halogenated alkanes) is 2. The van der Waals surface area contributed by atoms with Crippen LogP contribution >= 0.6 is 22.0 Å².